The predicted molar refractivity (Wildman–Crippen MR) is 131 cm³/mol. The molecule has 4 fully saturated rings. The molecule has 10 nitrogen and oxygen atoms in total. The van der Waals surface area contributed by atoms with Crippen molar-refractivity contribution in [3.63, 3.8) is 0 Å². The molecule has 4 heterocycles. The fourth-order valence-corrected chi connectivity index (χ4v) is 6.63. The molecule has 196 valence electrons. The molecular weight excluding hydrogens is 464 g/mol. The van der Waals surface area contributed by atoms with Crippen LogP contribution in [-0.4, -0.2) is 102 Å². The third-order valence-electron chi connectivity index (χ3n) is 8.36. The Morgan fingerprint density at radius 1 is 1.17 bits per heavy atom. The molecule has 3 amide bonds. The molecule has 5 rings (SSSR count). The van der Waals surface area contributed by atoms with Crippen molar-refractivity contribution >= 4 is 23.4 Å². The molecule has 0 aliphatic carbocycles. The van der Waals surface area contributed by atoms with E-state index < -0.39 is 35.1 Å². The Labute approximate surface area is 211 Å². The van der Waals surface area contributed by atoms with Gasteiger partial charge in [0.05, 0.1) is 43.3 Å². The number of hydrogen-bond acceptors (Lipinski definition) is 7. The lowest BCUT2D eigenvalue weighted by molar-refractivity contribution is -0.148. The number of aliphatic hydroxyl groups is 1. The van der Waals surface area contributed by atoms with Gasteiger partial charge in [0.2, 0.25) is 17.7 Å². The molecule has 6 atom stereocenters. The van der Waals surface area contributed by atoms with Crippen molar-refractivity contribution in [1.29, 1.82) is 0 Å². The lowest BCUT2D eigenvalue weighted by Crippen LogP contribution is -2.58. The SMILES string of the molecule is C[C@H](CO)N1C(=O)[C@@H]2[C@@H](C(=O)Nc3ccccc3)[C@@]3(C)CCC2(O3)C1C(=O)NCCN1CCOCC1. The highest BCUT2D eigenvalue weighted by Gasteiger charge is 2.78. The minimum absolute atomic E-state index is 0.284. The van der Waals surface area contributed by atoms with Crippen molar-refractivity contribution in [3.05, 3.63) is 30.3 Å². The minimum atomic E-state index is -1.10. The van der Waals surface area contributed by atoms with Gasteiger partial charge in [-0.1, -0.05) is 18.2 Å². The van der Waals surface area contributed by atoms with Crippen molar-refractivity contribution in [1.82, 2.24) is 15.1 Å². The van der Waals surface area contributed by atoms with E-state index in [1.54, 1.807) is 19.1 Å². The van der Waals surface area contributed by atoms with E-state index >= 15 is 0 Å². The van der Waals surface area contributed by atoms with E-state index in [0.29, 0.717) is 44.8 Å². The molecule has 0 radical (unpaired) electrons. The van der Waals surface area contributed by atoms with E-state index in [1.807, 2.05) is 25.1 Å². The van der Waals surface area contributed by atoms with Crippen molar-refractivity contribution in [2.45, 2.75) is 50.0 Å². The van der Waals surface area contributed by atoms with Crippen LogP contribution in [0.1, 0.15) is 26.7 Å². The zero-order valence-electron chi connectivity index (χ0n) is 20.9. The summed E-state index contributed by atoms with van der Waals surface area (Å²) in [6.45, 7) is 7.40. The monoisotopic (exact) mass is 500 g/mol. The highest BCUT2D eigenvalue weighted by molar-refractivity contribution is 6.02. The van der Waals surface area contributed by atoms with Gasteiger partial charge >= 0.3 is 0 Å². The number of hydrogen-bond donors (Lipinski definition) is 3. The lowest BCUT2D eigenvalue weighted by atomic mass is 9.66. The minimum Gasteiger partial charge on any atom is -0.394 e. The van der Waals surface area contributed by atoms with E-state index in [2.05, 4.69) is 15.5 Å². The molecule has 1 spiro atoms. The summed E-state index contributed by atoms with van der Waals surface area (Å²) in [5.74, 6) is -2.41. The summed E-state index contributed by atoms with van der Waals surface area (Å²) in [5.41, 5.74) is -1.30. The van der Waals surface area contributed by atoms with Gasteiger partial charge in [-0.3, -0.25) is 19.3 Å². The first-order chi connectivity index (χ1) is 17.3. The van der Waals surface area contributed by atoms with Gasteiger partial charge in [0, 0.05) is 31.9 Å². The first kappa shape index (κ1) is 25.1. The van der Waals surface area contributed by atoms with Crippen molar-refractivity contribution in [3.8, 4) is 0 Å². The van der Waals surface area contributed by atoms with Gasteiger partial charge < -0.3 is 30.1 Å². The Balaban J connectivity index is 1.39. The van der Waals surface area contributed by atoms with E-state index in [4.69, 9.17) is 9.47 Å². The van der Waals surface area contributed by atoms with E-state index in [-0.39, 0.29) is 24.3 Å². The van der Waals surface area contributed by atoms with Gasteiger partial charge in [0.15, 0.2) is 0 Å². The maximum Gasteiger partial charge on any atom is 0.245 e. The molecule has 2 bridgehead atoms. The van der Waals surface area contributed by atoms with Crippen LogP contribution >= 0.6 is 0 Å². The number of aliphatic hydroxyl groups excluding tert-OH is 1. The molecule has 4 aliphatic heterocycles. The van der Waals surface area contributed by atoms with Gasteiger partial charge in [0.1, 0.15) is 11.6 Å². The highest BCUT2D eigenvalue weighted by Crippen LogP contribution is 2.63. The number of amides is 3. The Morgan fingerprint density at radius 3 is 2.58 bits per heavy atom. The number of ether oxygens (including phenoxy) is 2. The molecule has 4 saturated heterocycles. The van der Waals surface area contributed by atoms with Gasteiger partial charge in [0.25, 0.3) is 0 Å². The average molecular weight is 501 g/mol. The van der Waals surface area contributed by atoms with Crippen LogP contribution in [0.25, 0.3) is 0 Å². The maximum absolute atomic E-state index is 13.9. The van der Waals surface area contributed by atoms with Crippen LogP contribution in [0, 0.1) is 11.8 Å². The topological polar surface area (TPSA) is 120 Å². The molecule has 1 aromatic rings. The van der Waals surface area contributed by atoms with Crippen LogP contribution in [0.4, 0.5) is 5.69 Å². The molecule has 0 saturated carbocycles. The maximum atomic E-state index is 13.9. The fourth-order valence-electron chi connectivity index (χ4n) is 6.63. The Morgan fingerprint density at radius 2 is 1.89 bits per heavy atom. The molecular formula is C26H36N4O6. The number of carbonyl (C=O) groups excluding carboxylic acids is 3. The van der Waals surface area contributed by atoms with Crippen LogP contribution in [0.2, 0.25) is 0 Å². The summed E-state index contributed by atoms with van der Waals surface area (Å²) in [7, 11) is 0. The number of nitrogens with zero attached hydrogens (tertiary/aromatic N) is 2. The lowest BCUT2D eigenvalue weighted by Gasteiger charge is -2.36. The predicted octanol–water partition coefficient (Wildman–Crippen LogP) is 0.219. The molecule has 0 aromatic heterocycles. The highest BCUT2D eigenvalue weighted by atomic mass is 16.5. The Bertz CT molecular complexity index is 1000. The average Bonchev–Trinajstić information content (AvgIpc) is 3.45. The van der Waals surface area contributed by atoms with Crippen LogP contribution < -0.4 is 10.6 Å². The van der Waals surface area contributed by atoms with Gasteiger partial charge in [-0.2, -0.15) is 0 Å². The van der Waals surface area contributed by atoms with Crippen molar-refractivity contribution < 1.29 is 29.0 Å². The number of fused-ring (bicyclic) bond motifs is 1. The Hall–Kier alpha value is -2.53. The number of likely N-dealkylation sites (tertiary alicyclic amines) is 1. The summed E-state index contributed by atoms with van der Waals surface area (Å²) < 4.78 is 12.0. The standard InChI is InChI=1S/C26H36N4O6/c1-17(16-31)30-21(23(33)27-10-11-29-12-14-35-15-13-29)26-9-8-25(2,36-26)19(20(26)24(30)34)22(32)28-18-6-4-3-5-7-18/h3-7,17,19-21,31H,8-16H2,1-2H3,(H,27,33)(H,28,32)/t17-,19+,20+,21?,25-,26?/m1/s1. The fraction of sp³-hybridized carbons (Fsp3) is 0.654. The normalized spacial score (nSPS) is 34.5. The molecule has 1 aromatic carbocycles. The first-order valence-electron chi connectivity index (χ1n) is 12.9. The van der Waals surface area contributed by atoms with Crippen LogP contribution in [0.15, 0.2) is 30.3 Å². The molecule has 10 heteroatoms. The van der Waals surface area contributed by atoms with Gasteiger partial charge in [-0.25, -0.2) is 0 Å². The van der Waals surface area contributed by atoms with Gasteiger partial charge in [-0.15, -0.1) is 0 Å². The summed E-state index contributed by atoms with van der Waals surface area (Å²) in [6.07, 6.45) is 1.08. The number of para-hydroxylation sites is 1. The molecule has 3 N–H and O–H groups in total. The van der Waals surface area contributed by atoms with Gasteiger partial charge in [-0.05, 0) is 38.8 Å². The summed E-state index contributed by atoms with van der Waals surface area (Å²) in [5, 5.41) is 15.9. The largest absolute Gasteiger partial charge is 0.394 e. The van der Waals surface area contributed by atoms with Crippen molar-refractivity contribution in [2.24, 2.45) is 11.8 Å². The number of morpholine rings is 1. The summed E-state index contributed by atoms with van der Waals surface area (Å²) in [6, 6.07) is 7.64. The summed E-state index contributed by atoms with van der Waals surface area (Å²) in [4.78, 5) is 44.7. The van der Waals surface area contributed by atoms with Crippen LogP contribution in [-0.2, 0) is 23.9 Å². The third kappa shape index (κ3) is 4.09. The first-order valence-corrected chi connectivity index (χ1v) is 12.9. The van der Waals surface area contributed by atoms with Crippen LogP contribution in [0.3, 0.4) is 0 Å². The molecule has 4 aliphatic rings. The second-order valence-corrected chi connectivity index (χ2v) is 10.6. The quantitative estimate of drug-likeness (QED) is 0.467. The van der Waals surface area contributed by atoms with Crippen molar-refractivity contribution in [2.75, 3.05) is 51.3 Å². The number of carbonyl (C=O) groups is 3. The summed E-state index contributed by atoms with van der Waals surface area (Å²) >= 11 is 0. The zero-order chi connectivity index (χ0) is 25.5. The number of anilines is 1. The Kier molecular flexibility index (Phi) is 6.80. The van der Waals surface area contributed by atoms with E-state index in [1.165, 1.54) is 4.90 Å². The molecule has 2 unspecified atom stereocenters. The molecule has 36 heavy (non-hydrogen) atoms. The number of benzene rings is 1. The third-order valence-corrected chi connectivity index (χ3v) is 8.36. The second kappa shape index (κ2) is 9.74. The second-order valence-electron chi connectivity index (χ2n) is 10.6. The smallest absolute Gasteiger partial charge is 0.245 e. The zero-order valence-corrected chi connectivity index (χ0v) is 20.9. The van der Waals surface area contributed by atoms with Crippen LogP contribution in [0.5, 0.6) is 0 Å². The number of nitrogens with one attached hydrogen (secondary N) is 2. The number of rotatable bonds is 8. The van der Waals surface area contributed by atoms with E-state index in [9.17, 15) is 19.5 Å². The van der Waals surface area contributed by atoms with E-state index in [0.717, 1.165) is 13.1 Å².